The lowest BCUT2D eigenvalue weighted by Crippen LogP contribution is -2.18. The van der Waals surface area contributed by atoms with Gasteiger partial charge < -0.3 is 9.47 Å². The van der Waals surface area contributed by atoms with E-state index in [9.17, 15) is 0 Å². The molecule has 0 aliphatic carbocycles. The van der Waals surface area contributed by atoms with Gasteiger partial charge in [-0.15, -0.1) is 0 Å². The fourth-order valence-electron chi connectivity index (χ4n) is 1.52. The summed E-state index contributed by atoms with van der Waals surface area (Å²) in [7, 11) is 0. The van der Waals surface area contributed by atoms with Gasteiger partial charge in [0.25, 0.3) is 0 Å². The van der Waals surface area contributed by atoms with E-state index < -0.39 is 0 Å². The summed E-state index contributed by atoms with van der Waals surface area (Å²) in [5, 5.41) is 0. The van der Waals surface area contributed by atoms with E-state index in [1.165, 1.54) is 0 Å². The van der Waals surface area contributed by atoms with E-state index in [4.69, 9.17) is 9.47 Å². The summed E-state index contributed by atoms with van der Waals surface area (Å²) in [5.74, 6) is 0. The molecular weight excluding hydrogens is 204 g/mol. The van der Waals surface area contributed by atoms with Gasteiger partial charge in [0.05, 0.1) is 13.2 Å². The van der Waals surface area contributed by atoms with Crippen LogP contribution in [0, 0.1) is 0 Å². The van der Waals surface area contributed by atoms with Crippen molar-refractivity contribution in [2.24, 2.45) is 0 Å². The smallest absolute Gasteiger partial charge is 0.316 e. The van der Waals surface area contributed by atoms with Crippen LogP contribution in [0.15, 0.2) is 12.4 Å². The van der Waals surface area contributed by atoms with E-state index in [1.54, 1.807) is 0 Å². The maximum atomic E-state index is 5.60. The van der Waals surface area contributed by atoms with E-state index in [2.05, 4.69) is 30.7 Å². The second-order valence-electron chi connectivity index (χ2n) is 5.11. The molecule has 1 aliphatic heterocycles. The molecule has 4 heteroatoms. The van der Waals surface area contributed by atoms with Crippen LogP contribution in [-0.4, -0.2) is 29.3 Å². The van der Waals surface area contributed by atoms with Crippen LogP contribution in [0.3, 0.4) is 0 Å². The van der Waals surface area contributed by atoms with Crippen LogP contribution in [-0.2, 0) is 10.2 Å². The Morgan fingerprint density at radius 1 is 1.31 bits per heavy atom. The van der Waals surface area contributed by atoms with Crippen molar-refractivity contribution in [2.75, 3.05) is 13.2 Å². The lowest BCUT2D eigenvalue weighted by atomic mass is 9.89. The monoisotopic (exact) mass is 222 g/mol. The zero-order valence-corrected chi connectivity index (χ0v) is 10.1. The minimum absolute atomic E-state index is 0.0784. The zero-order valence-electron chi connectivity index (χ0n) is 10.1. The maximum absolute atomic E-state index is 5.60. The molecule has 0 amide bonds. The second kappa shape index (κ2) is 4.37. The molecule has 1 unspecified atom stereocenters. The Kier molecular flexibility index (Phi) is 3.10. The summed E-state index contributed by atoms with van der Waals surface area (Å²) >= 11 is 0. The van der Waals surface area contributed by atoms with Crippen LogP contribution in [0.25, 0.3) is 0 Å². The molecule has 16 heavy (non-hydrogen) atoms. The first-order chi connectivity index (χ1) is 7.55. The van der Waals surface area contributed by atoms with Crippen LogP contribution in [0.1, 0.15) is 32.8 Å². The van der Waals surface area contributed by atoms with Crippen molar-refractivity contribution in [1.82, 2.24) is 9.97 Å². The van der Waals surface area contributed by atoms with Crippen LogP contribution >= 0.6 is 0 Å². The zero-order chi connectivity index (χ0) is 11.6. The SMILES string of the molecule is CC(C)(C)c1cnc(OC2CCOC2)nc1. The summed E-state index contributed by atoms with van der Waals surface area (Å²) < 4.78 is 10.8. The molecule has 1 atom stereocenters. The van der Waals surface area contributed by atoms with Gasteiger partial charge in [-0.25, -0.2) is 9.97 Å². The van der Waals surface area contributed by atoms with Crippen molar-refractivity contribution in [1.29, 1.82) is 0 Å². The standard InChI is InChI=1S/C12H18N2O2/c1-12(2,3)9-6-13-11(14-7-9)16-10-4-5-15-8-10/h6-7,10H,4-5,8H2,1-3H3. The quantitative estimate of drug-likeness (QED) is 0.767. The molecule has 0 N–H and O–H groups in total. The van der Waals surface area contributed by atoms with Crippen LogP contribution in [0.2, 0.25) is 0 Å². The van der Waals surface area contributed by atoms with Gasteiger partial charge in [-0.2, -0.15) is 0 Å². The number of ether oxygens (including phenoxy) is 2. The number of rotatable bonds is 2. The molecule has 4 nitrogen and oxygen atoms in total. The molecule has 2 heterocycles. The van der Waals surface area contributed by atoms with E-state index in [-0.39, 0.29) is 11.5 Å². The van der Waals surface area contributed by atoms with Gasteiger partial charge in [0.1, 0.15) is 6.10 Å². The average Bonchev–Trinajstić information content (AvgIpc) is 2.70. The Hall–Kier alpha value is -1.16. The number of hydrogen-bond donors (Lipinski definition) is 0. The minimum Gasteiger partial charge on any atom is -0.458 e. The van der Waals surface area contributed by atoms with Crippen molar-refractivity contribution >= 4 is 0 Å². The van der Waals surface area contributed by atoms with Crippen molar-refractivity contribution < 1.29 is 9.47 Å². The fraction of sp³-hybridized carbons (Fsp3) is 0.667. The molecule has 1 saturated heterocycles. The molecule has 0 aromatic carbocycles. The van der Waals surface area contributed by atoms with E-state index >= 15 is 0 Å². The fourth-order valence-corrected chi connectivity index (χ4v) is 1.52. The summed E-state index contributed by atoms with van der Waals surface area (Å²) in [5.41, 5.74) is 1.19. The van der Waals surface area contributed by atoms with E-state index in [1.807, 2.05) is 12.4 Å². The normalized spacial score (nSPS) is 21.1. The van der Waals surface area contributed by atoms with Gasteiger partial charge in [0.2, 0.25) is 0 Å². The molecular formula is C12H18N2O2. The first-order valence-corrected chi connectivity index (χ1v) is 5.62. The van der Waals surface area contributed by atoms with Gasteiger partial charge in [-0.3, -0.25) is 0 Å². The molecule has 0 bridgehead atoms. The molecule has 0 spiro atoms. The first kappa shape index (κ1) is 11.3. The van der Waals surface area contributed by atoms with Crippen molar-refractivity contribution in [2.45, 2.75) is 38.7 Å². The average molecular weight is 222 g/mol. The summed E-state index contributed by atoms with van der Waals surface area (Å²) in [4.78, 5) is 8.44. The third-order valence-electron chi connectivity index (χ3n) is 2.65. The molecule has 1 aromatic heterocycles. The summed E-state index contributed by atoms with van der Waals surface area (Å²) in [6.07, 6.45) is 4.70. The third kappa shape index (κ3) is 2.70. The first-order valence-electron chi connectivity index (χ1n) is 5.62. The van der Waals surface area contributed by atoms with Gasteiger partial charge in [0, 0.05) is 18.8 Å². The molecule has 0 saturated carbocycles. The molecule has 1 fully saturated rings. The Labute approximate surface area is 96.0 Å². The van der Waals surface area contributed by atoms with E-state index in [0.717, 1.165) is 18.6 Å². The maximum Gasteiger partial charge on any atom is 0.316 e. The van der Waals surface area contributed by atoms with Crippen molar-refractivity contribution in [3.05, 3.63) is 18.0 Å². The predicted molar refractivity (Wildman–Crippen MR) is 60.6 cm³/mol. The lowest BCUT2D eigenvalue weighted by Gasteiger charge is -2.18. The summed E-state index contributed by atoms with van der Waals surface area (Å²) in [6, 6.07) is 0.448. The highest BCUT2D eigenvalue weighted by molar-refractivity contribution is 5.16. The highest BCUT2D eigenvalue weighted by Gasteiger charge is 2.19. The third-order valence-corrected chi connectivity index (χ3v) is 2.65. The lowest BCUT2D eigenvalue weighted by molar-refractivity contribution is 0.134. The topological polar surface area (TPSA) is 44.2 Å². The Morgan fingerprint density at radius 3 is 2.50 bits per heavy atom. The predicted octanol–water partition coefficient (Wildman–Crippen LogP) is 1.94. The van der Waals surface area contributed by atoms with Gasteiger partial charge in [0.15, 0.2) is 0 Å². The largest absolute Gasteiger partial charge is 0.458 e. The molecule has 88 valence electrons. The molecule has 2 rings (SSSR count). The Bertz CT molecular complexity index is 337. The van der Waals surface area contributed by atoms with Crippen LogP contribution in [0.4, 0.5) is 0 Å². The summed E-state index contributed by atoms with van der Waals surface area (Å²) in [6.45, 7) is 7.82. The Morgan fingerprint density at radius 2 is 2.00 bits per heavy atom. The highest BCUT2D eigenvalue weighted by Crippen LogP contribution is 2.21. The van der Waals surface area contributed by atoms with Crippen LogP contribution in [0.5, 0.6) is 6.01 Å². The number of hydrogen-bond acceptors (Lipinski definition) is 4. The van der Waals surface area contributed by atoms with E-state index in [0.29, 0.717) is 12.6 Å². The van der Waals surface area contributed by atoms with Crippen molar-refractivity contribution in [3.8, 4) is 6.01 Å². The molecule has 0 radical (unpaired) electrons. The molecule has 1 aromatic rings. The van der Waals surface area contributed by atoms with Crippen LogP contribution < -0.4 is 4.74 Å². The van der Waals surface area contributed by atoms with Gasteiger partial charge in [-0.1, -0.05) is 20.8 Å². The highest BCUT2D eigenvalue weighted by atomic mass is 16.6. The Balaban J connectivity index is 2.01. The van der Waals surface area contributed by atoms with Crippen molar-refractivity contribution in [3.63, 3.8) is 0 Å². The second-order valence-corrected chi connectivity index (χ2v) is 5.11. The molecule has 1 aliphatic rings. The minimum atomic E-state index is 0.0784. The van der Waals surface area contributed by atoms with Gasteiger partial charge in [-0.05, 0) is 11.0 Å². The number of aromatic nitrogens is 2. The van der Waals surface area contributed by atoms with Gasteiger partial charge >= 0.3 is 6.01 Å². The number of nitrogens with zero attached hydrogens (tertiary/aromatic N) is 2.